The maximum Gasteiger partial charge on any atom is 0.374 e. The van der Waals surface area contributed by atoms with Gasteiger partial charge in [0, 0.05) is 9.90 Å². The predicted octanol–water partition coefficient (Wildman–Crippen LogP) is 4.46. The lowest BCUT2D eigenvalue weighted by molar-refractivity contribution is 0.0505. The molecule has 0 spiro atoms. The molecule has 0 bridgehead atoms. The number of ether oxygens (including phenoxy) is 1. The fraction of sp³-hybridized carbons (Fsp3) is 0.381. The smallest absolute Gasteiger partial charge is 0.374 e. The molecule has 1 atom stereocenters. The summed E-state index contributed by atoms with van der Waals surface area (Å²) >= 11 is 7.63. The molecule has 0 aliphatic heterocycles. The van der Waals surface area contributed by atoms with Crippen LogP contribution in [-0.4, -0.2) is 22.1 Å². The van der Waals surface area contributed by atoms with Crippen LogP contribution in [0.4, 0.5) is 0 Å². The highest BCUT2D eigenvalue weighted by atomic mass is 35.5. The van der Waals surface area contributed by atoms with E-state index in [-0.39, 0.29) is 24.5 Å². The zero-order valence-electron chi connectivity index (χ0n) is 15.8. The molecule has 3 aromatic rings. The zero-order valence-corrected chi connectivity index (χ0v) is 17.4. The summed E-state index contributed by atoms with van der Waals surface area (Å²) in [7, 11) is 0. The summed E-state index contributed by atoms with van der Waals surface area (Å²) in [5, 5.41) is 1.24. The van der Waals surface area contributed by atoms with Gasteiger partial charge in [0.2, 0.25) is 5.82 Å². The van der Waals surface area contributed by atoms with Gasteiger partial charge in [-0.3, -0.25) is 9.36 Å². The maximum atomic E-state index is 13.5. The molecule has 146 valence electrons. The lowest BCUT2D eigenvalue weighted by atomic mass is 9.89. The standard InChI is InChI=1S/C21H21ClN2O3S/c1-3-27-21(26)18-23-19-17(15-8-7-12(2)9-16(15)28-19)20(25)24(18)11-13-5-4-6-14(22)10-13/h4-6,10,12H,3,7-9,11H2,1-2H3/t12-/m1/s1. The van der Waals surface area contributed by atoms with Gasteiger partial charge in [-0.1, -0.05) is 30.7 Å². The monoisotopic (exact) mass is 416 g/mol. The molecule has 0 unspecified atom stereocenters. The number of aromatic nitrogens is 2. The van der Waals surface area contributed by atoms with Crippen LogP contribution in [0.25, 0.3) is 10.2 Å². The molecule has 0 saturated carbocycles. The summed E-state index contributed by atoms with van der Waals surface area (Å²) in [6.07, 6.45) is 2.90. The Morgan fingerprint density at radius 1 is 1.43 bits per heavy atom. The van der Waals surface area contributed by atoms with E-state index in [4.69, 9.17) is 16.3 Å². The molecule has 0 amide bonds. The molecule has 0 fully saturated rings. The summed E-state index contributed by atoms with van der Waals surface area (Å²) < 4.78 is 6.60. The minimum absolute atomic E-state index is 0.0472. The molecule has 0 saturated heterocycles. The van der Waals surface area contributed by atoms with Gasteiger partial charge in [0.25, 0.3) is 5.56 Å². The molecule has 4 rings (SSSR count). The van der Waals surface area contributed by atoms with Gasteiger partial charge in [-0.15, -0.1) is 11.3 Å². The number of rotatable bonds is 4. The molecular formula is C21H21ClN2O3S. The number of thiophene rings is 1. The first-order valence-electron chi connectivity index (χ1n) is 9.44. The van der Waals surface area contributed by atoms with Crippen LogP contribution in [0, 0.1) is 5.92 Å². The number of hydrogen-bond acceptors (Lipinski definition) is 5. The van der Waals surface area contributed by atoms with Crippen molar-refractivity contribution in [2.45, 2.75) is 39.7 Å². The van der Waals surface area contributed by atoms with Crippen LogP contribution in [0.5, 0.6) is 0 Å². The van der Waals surface area contributed by atoms with Crippen LogP contribution in [-0.2, 0) is 24.1 Å². The van der Waals surface area contributed by atoms with Crippen molar-refractivity contribution < 1.29 is 9.53 Å². The Hall–Kier alpha value is -2.18. The fourth-order valence-corrected chi connectivity index (χ4v) is 5.33. The van der Waals surface area contributed by atoms with Crippen LogP contribution >= 0.6 is 22.9 Å². The Kier molecular flexibility index (Phi) is 5.25. The van der Waals surface area contributed by atoms with Crippen molar-refractivity contribution in [2.75, 3.05) is 6.61 Å². The van der Waals surface area contributed by atoms with E-state index in [9.17, 15) is 9.59 Å². The third-order valence-corrected chi connectivity index (χ3v) is 6.49. The molecule has 1 aliphatic rings. The number of fused-ring (bicyclic) bond motifs is 3. The van der Waals surface area contributed by atoms with Gasteiger partial charge < -0.3 is 4.74 Å². The highest BCUT2D eigenvalue weighted by Gasteiger charge is 2.26. The molecule has 2 aromatic heterocycles. The van der Waals surface area contributed by atoms with Crippen LogP contribution in [0.1, 0.15) is 46.9 Å². The van der Waals surface area contributed by atoms with E-state index in [1.54, 1.807) is 19.1 Å². The van der Waals surface area contributed by atoms with Gasteiger partial charge in [0.1, 0.15) is 4.83 Å². The van der Waals surface area contributed by atoms with Crippen molar-refractivity contribution in [3.8, 4) is 0 Å². The van der Waals surface area contributed by atoms with Crippen molar-refractivity contribution in [1.29, 1.82) is 0 Å². The highest BCUT2D eigenvalue weighted by Crippen LogP contribution is 2.36. The molecule has 2 heterocycles. The second-order valence-electron chi connectivity index (χ2n) is 7.21. The second-order valence-corrected chi connectivity index (χ2v) is 8.73. The van der Waals surface area contributed by atoms with Crippen LogP contribution < -0.4 is 5.56 Å². The molecule has 0 radical (unpaired) electrons. The quantitative estimate of drug-likeness (QED) is 0.589. The van der Waals surface area contributed by atoms with Crippen molar-refractivity contribution in [3.63, 3.8) is 0 Å². The molecule has 1 aliphatic carbocycles. The SMILES string of the molecule is CCOC(=O)c1nc2sc3c(c2c(=O)n1Cc1cccc(Cl)c1)CC[C@@H](C)C3. The van der Waals surface area contributed by atoms with E-state index < -0.39 is 5.97 Å². The van der Waals surface area contributed by atoms with E-state index in [0.717, 1.165) is 30.4 Å². The second kappa shape index (κ2) is 7.68. The number of halogens is 1. The molecule has 1 aromatic carbocycles. The van der Waals surface area contributed by atoms with Gasteiger partial charge in [0.15, 0.2) is 0 Å². The fourth-order valence-electron chi connectivity index (χ4n) is 3.74. The Balaban J connectivity index is 1.91. The number of aryl methyl sites for hydroxylation is 1. The number of esters is 1. The van der Waals surface area contributed by atoms with E-state index in [0.29, 0.717) is 21.2 Å². The summed E-state index contributed by atoms with van der Waals surface area (Å²) in [6, 6.07) is 7.27. The minimum Gasteiger partial charge on any atom is -0.460 e. The van der Waals surface area contributed by atoms with E-state index in [2.05, 4.69) is 11.9 Å². The summed E-state index contributed by atoms with van der Waals surface area (Å²) in [5.41, 5.74) is 1.75. The maximum absolute atomic E-state index is 13.5. The van der Waals surface area contributed by atoms with Crippen LogP contribution in [0.2, 0.25) is 5.02 Å². The van der Waals surface area contributed by atoms with E-state index >= 15 is 0 Å². The summed E-state index contributed by atoms with van der Waals surface area (Å²) in [4.78, 5) is 32.4. The molecule has 7 heteroatoms. The van der Waals surface area contributed by atoms with E-state index in [1.807, 2.05) is 12.1 Å². The van der Waals surface area contributed by atoms with Gasteiger partial charge in [-0.05, 0) is 55.4 Å². The topological polar surface area (TPSA) is 61.2 Å². The number of benzene rings is 1. The first kappa shape index (κ1) is 19.2. The molecule has 28 heavy (non-hydrogen) atoms. The molecular weight excluding hydrogens is 396 g/mol. The zero-order chi connectivity index (χ0) is 19.8. The number of nitrogens with zero attached hydrogens (tertiary/aromatic N) is 2. The van der Waals surface area contributed by atoms with Crippen molar-refractivity contribution in [1.82, 2.24) is 9.55 Å². The average molecular weight is 417 g/mol. The summed E-state index contributed by atoms with van der Waals surface area (Å²) in [5.74, 6) is 0.0630. The Labute approximate surface area is 171 Å². The largest absolute Gasteiger partial charge is 0.460 e. The lowest BCUT2D eigenvalue weighted by Gasteiger charge is -2.17. The van der Waals surface area contributed by atoms with Crippen molar-refractivity contribution in [3.05, 3.63) is 61.5 Å². The minimum atomic E-state index is -0.580. The normalized spacial score (nSPS) is 16.2. The number of carbonyl (C=O) groups is 1. The average Bonchev–Trinajstić information content (AvgIpc) is 3.01. The van der Waals surface area contributed by atoms with E-state index in [1.165, 1.54) is 20.8 Å². The lowest BCUT2D eigenvalue weighted by Crippen LogP contribution is -2.29. The first-order chi connectivity index (χ1) is 13.5. The number of carbonyl (C=O) groups excluding carboxylic acids is 1. The Morgan fingerprint density at radius 3 is 3.00 bits per heavy atom. The molecule has 5 nitrogen and oxygen atoms in total. The third kappa shape index (κ3) is 3.47. The first-order valence-corrected chi connectivity index (χ1v) is 10.6. The van der Waals surface area contributed by atoms with Crippen LogP contribution in [0.3, 0.4) is 0 Å². The van der Waals surface area contributed by atoms with Gasteiger partial charge in [-0.25, -0.2) is 9.78 Å². The van der Waals surface area contributed by atoms with Gasteiger partial charge in [0.05, 0.1) is 18.5 Å². The Morgan fingerprint density at radius 2 is 2.25 bits per heavy atom. The summed E-state index contributed by atoms with van der Waals surface area (Å²) in [6.45, 7) is 4.41. The van der Waals surface area contributed by atoms with Crippen molar-refractivity contribution in [2.24, 2.45) is 5.92 Å². The highest BCUT2D eigenvalue weighted by molar-refractivity contribution is 7.18. The Bertz CT molecular complexity index is 1120. The van der Waals surface area contributed by atoms with Gasteiger partial charge in [-0.2, -0.15) is 0 Å². The number of hydrogen-bond donors (Lipinski definition) is 0. The third-order valence-electron chi connectivity index (χ3n) is 5.10. The van der Waals surface area contributed by atoms with Crippen LogP contribution in [0.15, 0.2) is 29.1 Å². The van der Waals surface area contributed by atoms with Gasteiger partial charge >= 0.3 is 5.97 Å². The van der Waals surface area contributed by atoms with Crippen molar-refractivity contribution >= 4 is 39.1 Å². The predicted molar refractivity (Wildman–Crippen MR) is 112 cm³/mol. The molecule has 0 N–H and O–H groups in total.